The van der Waals surface area contributed by atoms with Crippen molar-refractivity contribution in [2.45, 2.75) is 26.5 Å². The first-order valence-corrected chi connectivity index (χ1v) is 9.03. The monoisotopic (exact) mass is 395 g/mol. The van der Waals surface area contributed by atoms with E-state index in [1.54, 1.807) is 37.4 Å². The lowest BCUT2D eigenvalue weighted by atomic mass is 10.1. The predicted octanol–water partition coefficient (Wildman–Crippen LogP) is 2.97. The first-order chi connectivity index (χ1) is 13.9. The molecule has 29 heavy (non-hydrogen) atoms. The molecule has 2 aromatic carbocycles. The van der Waals surface area contributed by atoms with Gasteiger partial charge >= 0.3 is 5.97 Å². The van der Waals surface area contributed by atoms with Crippen molar-refractivity contribution in [3.8, 4) is 5.75 Å². The Morgan fingerprint density at radius 3 is 2.52 bits per heavy atom. The van der Waals surface area contributed by atoms with Crippen LogP contribution in [0.3, 0.4) is 0 Å². The van der Waals surface area contributed by atoms with Gasteiger partial charge < -0.3 is 19.2 Å². The number of fused-ring (bicyclic) bond motifs is 1. The summed E-state index contributed by atoms with van der Waals surface area (Å²) in [5, 5.41) is 3.07. The first kappa shape index (κ1) is 20.1. The summed E-state index contributed by atoms with van der Waals surface area (Å²) >= 11 is 0. The van der Waals surface area contributed by atoms with Crippen LogP contribution in [0.1, 0.15) is 28.6 Å². The summed E-state index contributed by atoms with van der Waals surface area (Å²) in [6, 6.07) is 13.4. The first-order valence-electron chi connectivity index (χ1n) is 9.03. The number of hydrogen-bond donors (Lipinski definition) is 1. The number of nitrogens with one attached hydrogen (secondary N) is 1. The van der Waals surface area contributed by atoms with Gasteiger partial charge in [0.25, 0.3) is 5.91 Å². The summed E-state index contributed by atoms with van der Waals surface area (Å²) in [5.74, 6) is -0.875. The van der Waals surface area contributed by atoms with Crippen LogP contribution in [0.5, 0.6) is 5.75 Å². The second-order valence-corrected chi connectivity index (χ2v) is 6.59. The number of benzene rings is 2. The molecule has 0 radical (unpaired) electrons. The zero-order chi connectivity index (χ0) is 21.0. The topological polar surface area (TPSA) is 94.8 Å². The molecule has 1 amide bonds. The third-order valence-electron chi connectivity index (χ3n) is 4.36. The highest BCUT2D eigenvalue weighted by atomic mass is 16.6. The molecular weight excluding hydrogens is 374 g/mol. The highest BCUT2D eigenvalue weighted by Gasteiger charge is 2.21. The lowest BCUT2D eigenvalue weighted by Gasteiger charge is -2.13. The summed E-state index contributed by atoms with van der Waals surface area (Å²) in [6.45, 7) is 3.58. The van der Waals surface area contributed by atoms with Gasteiger partial charge in [-0.25, -0.2) is 4.79 Å². The smallest absolute Gasteiger partial charge is 0.375 e. The molecule has 0 spiro atoms. The Morgan fingerprint density at radius 1 is 1.10 bits per heavy atom. The number of hydrogen-bond acceptors (Lipinski definition) is 6. The van der Waals surface area contributed by atoms with Crippen LogP contribution >= 0.6 is 0 Å². The van der Waals surface area contributed by atoms with E-state index >= 15 is 0 Å². The Balaban J connectivity index is 1.63. The zero-order valence-corrected chi connectivity index (χ0v) is 16.4. The zero-order valence-electron chi connectivity index (χ0n) is 16.4. The summed E-state index contributed by atoms with van der Waals surface area (Å²) < 4.78 is 15.7. The molecule has 150 valence electrons. The highest BCUT2D eigenvalue weighted by molar-refractivity contribution is 5.91. The van der Waals surface area contributed by atoms with Crippen molar-refractivity contribution in [2.24, 2.45) is 0 Å². The molecule has 0 saturated heterocycles. The molecule has 7 heteroatoms. The van der Waals surface area contributed by atoms with Crippen molar-refractivity contribution >= 4 is 22.8 Å². The van der Waals surface area contributed by atoms with Gasteiger partial charge in [0.1, 0.15) is 11.3 Å². The summed E-state index contributed by atoms with van der Waals surface area (Å²) in [5.41, 5.74) is 1.71. The van der Waals surface area contributed by atoms with Gasteiger partial charge in [0.15, 0.2) is 11.5 Å². The minimum atomic E-state index is -1.06. The van der Waals surface area contributed by atoms with Crippen LogP contribution in [0.2, 0.25) is 0 Å². The van der Waals surface area contributed by atoms with Gasteiger partial charge in [-0.05, 0) is 43.7 Å². The van der Waals surface area contributed by atoms with Crippen molar-refractivity contribution in [3.63, 3.8) is 0 Å². The van der Waals surface area contributed by atoms with E-state index in [4.69, 9.17) is 13.9 Å². The van der Waals surface area contributed by atoms with E-state index in [0.717, 1.165) is 22.9 Å². The lowest BCUT2D eigenvalue weighted by molar-refractivity contribution is -0.129. The van der Waals surface area contributed by atoms with Gasteiger partial charge in [-0.1, -0.05) is 23.8 Å². The maximum Gasteiger partial charge on any atom is 0.375 e. The maximum atomic E-state index is 12.3. The summed E-state index contributed by atoms with van der Waals surface area (Å²) in [4.78, 5) is 36.8. The molecule has 1 N–H and O–H groups in total. The fraction of sp³-hybridized carbons (Fsp3) is 0.227. The van der Waals surface area contributed by atoms with E-state index in [2.05, 4.69) is 5.32 Å². The number of rotatable bonds is 6. The predicted molar refractivity (Wildman–Crippen MR) is 107 cm³/mol. The normalized spacial score (nSPS) is 11.7. The average molecular weight is 395 g/mol. The lowest BCUT2D eigenvalue weighted by Crippen LogP contribution is -2.35. The molecule has 0 aliphatic carbocycles. The quantitative estimate of drug-likeness (QED) is 0.645. The van der Waals surface area contributed by atoms with Gasteiger partial charge in [-0.2, -0.15) is 0 Å². The minimum Gasteiger partial charge on any atom is -0.497 e. The molecule has 0 bridgehead atoms. The van der Waals surface area contributed by atoms with E-state index in [1.165, 1.54) is 6.92 Å². The summed E-state index contributed by atoms with van der Waals surface area (Å²) in [6.07, 6.45) is -1.06. The van der Waals surface area contributed by atoms with Crippen LogP contribution in [0.15, 0.2) is 57.7 Å². The van der Waals surface area contributed by atoms with Gasteiger partial charge in [0.2, 0.25) is 5.76 Å². The van der Waals surface area contributed by atoms with Gasteiger partial charge in [-0.3, -0.25) is 9.59 Å². The number of methoxy groups -OCH3 is 1. The Morgan fingerprint density at radius 2 is 1.83 bits per heavy atom. The Labute approximate surface area is 167 Å². The van der Waals surface area contributed by atoms with E-state index in [1.807, 2.05) is 19.1 Å². The number of amides is 1. The second kappa shape index (κ2) is 8.60. The van der Waals surface area contributed by atoms with Crippen LogP contribution in [-0.2, 0) is 16.1 Å². The van der Waals surface area contributed by atoms with Gasteiger partial charge in [0.05, 0.1) is 12.5 Å². The molecule has 0 aliphatic rings. The molecule has 3 rings (SSSR count). The minimum absolute atomic E-state index is 0.249. The van der Waals surface area contributed by atoms with E-state index in [-0.39, 0.29) is 23.3 Å². The Bertz CT molecular complexity index is 1100. The van der Waals surface area contributed by atoms with Crippen LogP contribution in [0.25, 0.3) is 11.0 Å². The van der Waals surface area contributed by atoms with Crippen molar-refractivity contribution in [1.29, 1.82) is 0 Å². The molecule has 1 atom stereocenters. The number of carbonyl (C=O) groups excluding carboxylic acids is 2. The van der Waals surface area contributed by atoms with Gasteiger partial charge in [0, 0.05) is 12.6 Å². The molecule has 0 saturated carbocycles. The number of esters is 1. The fourth-order valence-corrected chi connectivity index (χ4v) is 2.72. The summed E-state index contributed by atoms with van der Waals surface area (Å²) in [7, 11) is 1.57. The van der Waals surface area contributed by atoms with Crippen molar-refractivity contribution in [2.75, 3.05) is 7.11 Å². The second-order valence-electron chi connectivity index (χ2n) is 6.59. The third kappa shape index (κ3) is 4.82. The third-order valence-corrected chi connectivity index (χ3v) is 4.36. The molecule has 1 unspecified atom stereocenters. The number of aryl methyl sites for hydroxylation is 1. The molecule has 7 nitrogen and oxygen atoms in total. The van der Waals surface area contributed by atoms with E-state index < -0.39 is 18.0 Å². The van der Waals surface area contributed by atoms with Crippen molar-refractivity contribution in [3.05, 3.63) is 75.6 Å². The molecule has 0 fully saturated rings. The van der Waals surface area contributed by atoms with Crippen LogP contribution < -0.4 is 15.5 Å². The number of ether oxygens (including phenoxy) is 2. The van der Waals surface area contributed by atoms with Gasteiger partial charge in [-0.15, -0.1) is 0 Å². The van der Waals surface area contributed by atoms with E-state index in [0.29, 0.717) is 5.39 Å². The maximum absolute atomic E-state index is 12.3. The fourth-order valence-electron chi connectivity index (χ4n) is 2.72. The molecular formula is C22H21NO6. The van der Waals surface area contributed by atoms with Crippen molar-refractivity contribution < 1.29 is 23.5 Å². The molecule has 0 aliphatic heterocycles. The molecule has 1 heterocycles. The standard InChI is InChI=1S/C22H21NO6/c1-13-4-9-19-17(10-13)18(24)11-20(29-19)22(26)28-14(2)21(25)23-12-15-5-7-16(27-3)8-6-15/h4-11,14H,12H2,1-3H3,(H,23,25). The largest absolute Gasteiger partial charge is 0.497 e. The van der Waals surface area contributed by atoms with Crippen LogP contribution in [0.4, 0.5) is 0 Å². The Hall–Kier alpha value is -3.61. The molecule has 3 aromatic rings. The van der Waals surface area contributed by atoms with E-state index in [9.17, 15) is 14.4 Å². The van der Waals surface area contributed by atoms with Crippen molar-refractivity contribution in [1.82, 2.24) is 5.32 Å². The van der Waals surface area contributed by atoms with Crippen LogP contribution in [0, 0.1) is 6.92 Å². The average Bonchev–Trinajstić information content (AvgIpc) is 2.72. The van der Waals surface area contributed by atoms with Crippen LogP contribution in [-0.4, -0.2) is 25.1 Å². The highest BCUT2D eigenvalue weighted by Crippen LogP contribution is 2.15. The number of carbonyl (C=O) groups is 2. The Kier molecular flexibility index (Phi) is 5.97. The molecule has 1 aromatic heterocycles. The SMILES string of the molecule is COc1ccc(CNC(=O)C(C)OC(=O)c2cc(=O)c3cc(C)ccc3o2)cc1.